The van der Waals surface area contributed by atoms with Gasteiger partial charge in [0.15, 0.2) is 0 Å². The van der Waals surface area contributed by atoms with Crippen LogP contribution >= 0.6 is 23.2 Å². The Bertz CT molecular complexity index is 949. The Labute approximate surface area is 178 Å². The van der Waals surface area contributed by atoms with Crippen LogP contribution in [-0.4, -0.2) is 32.8 Å². The van der Waals surface area contributed by atoms with Crippen molar-refractivity contribution in [1.29, 1.82) is 5.26 Å². The second-order valence-electron chi connectivity index (χ2n) is 6.07. The maximum Gasteiger partial charge on any atom is 0.336 e. The quantitative estimate of drug-likeness (QED) is 0.677. The highest BCUT2D eigenvalue weighted by molar-refractivity contribution is 6.42. The Morgan fingerprint density at radius 2 is 1.93 bits per heavy atom. The van der Waals surface area contributed by atoms with Crippen molar-refractivity contribution in [2.45, 2.75) is 25.9 Å². The van der Waals surface area contributed by atoms with Crippen molar-refractivity contribution < 1.29 is 23.8 Å². The van der Waals surface area contributed by atoms with Crippen LogP contribution in [0.25, 0.3) is 0 Å². The molecule has 0 spiro atoms. The molecule has 0 amide bonds. The summed E-state index contributed by atoms with van der Waals surface area (Å²) in [6, 6.07) is 6.86. The van der Waals surface area contributed by atoms with Crippen molar-refractivity contribution in [2.24, 2.45) is 0 Å². The Balaban J connectivity index is 2.78. The van der Waals surface area contributed by atoms with Crippen molar-refractivity contribution in [1.82, 2.24) is 5.32 Å². The first-order valence-corrected chi connectivity index (χ1v) is 9.39. The summed E-state index contributed by atoms with van der Waals surface area (Å²) in [5.41, 5.74) is -0.746. The maximum atomic E-state index is 12.7. The third kappa shape index (κ3) is 4.10. The summed E-state index contributed by atoms with van der Waals surface area (Å²) in [5.74, 6) is -1.30. The van der Waals surface area contributed by atoms with Crippen molar-refractivity contribution in [3.05, 3.63) is 56.3 Å². The number of nitriles is 1. The SMILES string of the molecule is CCOC(=O)C1=C(C(C#N)(OC)c2cccc(Cl)c2Cl)NC(C)=C(C(=O)OC)C1. The zero-order valence-electron chi connectivity index (χ0n) is 16.4. The highest BCUT2D eigenvalue weighted by Crippen LogP contribution is 2.42. The average molecular weight is 439 g/mol. The van der Waals surface area contributed by atoms with Crippen LogP contribution in [0.5, 0.6) is 0 Å². The fourth-order valence-electron chi connectivity index (χ4n) is 3.06. The summed E-state index contributed by atoms with van der Waals surface area (Å²) in [5, 5.41) is 13.4. The van der Waals surface area contributed by atoms with Gasteiger partial charge >= 0.3 is 11.9 Å². The topological polar surface area (TPSA) is 97.7 Å². The number of allylic oxidation sites excluding steroid dienone is 1. The van der Waals surface area contributed by atoms with E-state index in [1.165, 1.54) is 14.2 Å². The number of hydrogen-bond donors (Lipinski definition) is 1. The molecule has 0 aromatic heterocycles. The van der Waals surface area contributed by atoms with E-state index in [4.69, 9.17) is 37.4 Å². The van der Waals surface area contributed by atoms with Crippen LogP contribution in [0.15, 0.2) is 40.7 Å². The van der Waals surface area contributed by atoms with Crippen LogP contribution in [0, 0.1) is 11.3 Å². The van der Waals surface area contributed by atoms with Crippen LogP contribution in [0.3, 0.4) is 0 Å². The number of carbonyl (C=O) groups is 2. The molecule has 29 heavy (non-hydrogen) atoms. The van der Waals surface area contributed by atoms with Gasteiger partial charge in [0, 0.05) is 24.8 Å². The molecule has 1 N–H and O–H groups in total. The molecule has 1 aliphatic heterocycles. The fourth-order valence-corrected chi connectivity index (χ4v) is 3.50. The molecular weight excluding hydrogens is 419 g/mol. The zero-order valence-corrected chi connectivity index (χ0v) is 17.9. The minimum Gasteiger partial charge on any atom is -0.466 e. The van der Waals surface area contributed by atoms with E-state index < -0.39 is 17.5 Å². The lowest BCUT2D eigenvalue weighted by molar-refractivity contribution is -0.139. The van der Waals surface area contributed by atoms with Gasteiger partial charge in [-0.25, -0.2) is 9.59 Å². The van der Waals surface area contributed by atoms with E-state index in [0.717, 1.165) is 0 Å². The molecule has 0 saturated heterocycles. The van der Waals surface area contributed by atoms with Crippen LogP contribution in [0.2, 0.25) is 10.0 Å². The minimum absolute atomic E-state index is 0.0530. The predicted molar refractivity (Wildman–Crippen MR) is 107 cm³/mol. The predicted octanol–water partition coefficient (Wildman–Crippen LogP) is 3.62. The molecule has 0 saturated carbocycles. The van der Waals surface area contributed by atoms with Gasteiger partial charge in [-0.15, -0.1) is 0 Å². The normalized spacial score (nSPS) is 15.9. The number of methoxy groups -OCH3 is 2. The summed E-state index contributed by atoms with van der Waals surface area (Å²) in [6.45, 7) is 3.39. The number of dihydropyridines is 1. The number of esters is 2. The highest BCUT2D eigenvalue weighted by atomic mass is 35.5. The summed E-state index contributed by atoms with van der Waals surface area (Å²) in [7, 11) is 2.55. The van der Waals surface area contributed by atoms with Crippen LogP contribution in [-0.2, 0) is 29.4 Å². The molecule has 0 bridgehead atoms. The Kier molecular flexibility index (Phi) is 7.31. The zero-order chi connectivity index (χ0) is 21.8. The number of hydrogen-bond acceptors (Lipinski definition) is 7. The van der Waals surface area contributed by atoms with Gasteiger partial charge in [0.05, 0.1) is 40.6 Å². The molecule has 7 nitrogen and oxygen atoms in total. The number of rotatable bonds is 6. The average Bonchev–Trinajstić information content (AvgIpc) is 2.72. The van der Waals surface area contributed by atoms with Crippen molar-refractivity contribution in [3.8, 4) is 6.07 Å². The lowest BCUT2D eigenvalue weighted by Crippen LogP contribution is -2.41. The Morgan fingerprint density at radius 1 is 1.24 bits per heavy atom. The molecule has 0 radical (unpaired) electrons. The third-order valence-corrected chi connectivity index (χ3v) is 5.34. The standard InChI is InChI=1S/C20H20Cl2N2O5/c1-5-29-19(26)13-9-12(18(25)27-3)11(2)24-17(13)20(10-23,28-4)14-7-6-8-15(21)16(14)22/h6-8,24H,5,9H2,1-4H3. The van der Waals surface area contributed by atoms with Crippen LogP contribution < -0.4 is 5.32 Å². The number of carbonyl (C=O) groups excluding carboxylic acids is 2. The number of halogens is 2. The second kappa shape index (κ2) is 9.31. The van der Waals surface area contributed by atoms with Gasteiger partial charge in [-0.05, 0) is 19.9 Å². The van der Waals surface area contributed by atoms with Gasteiger partial charge in [0.1, 0.15) is 6.07 Å². The van der Waals surface area contributed by atoms with Gasteiger partial charge in [-0.3, -0.25) is 0 Å². The molecule has 1 unspecified atom stereocenters. The van der Waals surface area contributed by atoms with Crippen molar-refractivity contribution >= 4 is 35.1 Å². The van der Waals surface area contributed by atoms with Crippen molar-refractivity contribution in [3.63, 3.8) is 0 Å². The summed E-state index contributed by atoms with van der Waals surface area (Å²) in [4.78, 5) is 24.9. The molecule has 1 aromatic carbocycles. The molecular formula is C20H20Cl2N2O5. The van der Waals surface area contributed by atoms with E-state index in [-0.39, 0.29) is 45.5 Å². The van der Waals surface area contributed by atoms with E-state index in [2.05, 4.69) is 11.4 Å². The molecule has 1 heterocycles. The number of nitrogens with zero attached hydrogens (tertiary/aromatic N) is 1. The van der Waals surface area contributed by atoms with E-state index in [9.17, 15) is 14.9 Å². The first-order chi connectivity index (χ1) is 13.8. The summed E-state index contributed by atoms with van der Waals surface area (Å²) >= 11 is 12.5. The molecule has 154 valence electrons. The largest absolute Gasteiger partial charge is 0.466 e. The highest BCUT2D eigenvalue weighted by Gasteiger charge is 2.45. The van der Waals surface area contributed by atoms with Gasteiger partial charge in [0.2, 0.25) is 5.60 Å². The number of benzene rings is 1. The fraction of sp³-hybridized carbons (Fsp3) is 0.350. The smallest absolute Gasteiger partial charge is 0.336 e. The molecule has 0 aliphatic carbocycles. The Hall–Kier alpha value is -2.53. The first-order valence-electron chi connectivity index (χ1n) is 8.64. The van der Waals surface area contributed by atoms with E-state index >= 15 is 0 Å². The first kappa shape index (κ1) is 22.8. The van der Waals surface area contributed by atoms with Gasteiger partial charge in [-0.1, -0.05) is 35.3 Å². The Morgan fingerprint density at radius 3 is 2.48 bits per heavy atom. The second-order valence-corrected chi connectivity index (χ2v) is 6.85. The molecule has 2 rings (SSSR count). The van der Waals surface area contributed by atoms with Gasteiger partial charge in [0.25, 0.3) is 0 Å². The monoisotopic (exact) mass is 438 g/mol. The lowest BCUT2D eigenvalue weighted by Gasteiger charge is -2.34. The summed E-state index contributed by atoms with van der Waals surface area (Å²) < 4.78 is 15.5. The third-order valence-electron chi connectivity index (χ3n) is 4.52. The number of nitrogens with one attached hydrogen (secondary N) is 1. The van der Waals surface area contributed by atoms with E-state index in [1.807, 2.05) is 0 Å². The molecule has 9 heteroatoms. The van der Waals surface area contributed by atoms with Crippen LogP contribution in [0.4, 0.5) is 0 Å². The maximum absolute atomic E-state index is 12.7. The summed E-state index contributed by atoms with van der Waals surface area (Å²) in [6.07, 6.45) is -0.106. The van der Waals surface area contributed by atoms with Crippen LogP contribution in [0.1, 0.15) is 25.8 Å². The van der Waals surface area contributed by atoms with Crippen molar-refractivity contribution in [2.75, 3.05) is 20.8 Å². The molecule has 1 aromatic rings. The van der Waals surface area contributed by atoms with E-state index in [1.54, 1.807) is 32.0 Å². The van der Waals surface area contributed by atoms with Gasteiger partial charge in [-0.2, -0.15) is 5.26 Å². The molecule has 1 atom stereocenters. The van der Waals surface area contributed by atoms with Gasteiger partial charge < -0.3 is 19.5 Å². The number of ether oxygens (including phenoxy) is 3. The lowest BCUT2D eigenvalue weighted by atomic mass is 9.84. The van der Waals surface area contributed by atoms with E-state index in [0.29, 0.717) is 5.70 Å². The molecule has 0 fully saturated rings. The molecule has 1 aliphatic rings. The minimum atomic E-state index is -1.80.